The number of amides is 2. The number of anilines is 1. The second-order valence-corrected chi connectivity index (χ2v) is 2.89. The first kappa shape index (κ1) is 11.2. The fraction of sp³-hybridized carbons (Fsp3) is 0.200. The van der Waals surface area contributed by atoms with Crippen LogP contribution < -0.4 is 10.8 Å². The van der Waals surface area contributed by atoms with E-state index < -0.39 is 0 Å². The zero-order chi connectivity index (χ0) is 11.3. The van der Waals surface area contributed by atoms with E-state index in [4.69, 9.17) is 0 Å². The summed E-state index contributed by atoms with van der Waals surface area (Å²) in [4.78, 5) is 26.5. The van der Waals surface area contributed by atoms with Crippen molar-refractivity contribution in [2.24, 2.45) is 0 Å². The minimum atomic E-state index is -0.327. The van der Waals surface area contributed by atoms with Crippen LogP contribution in [0.2, 0.25) is 0 Å². The largest absolute Gasteiger partial charge is 0.326 e. The third kappa shape index (κ3) is 3.40. The van der Waals surface area contributed by atoms with E-state index in [0.29, 0.717) is 11.3 Å². The smallest absolute Gasteiger partial charge is 0.274 e. The fourth-order valence-corrected chi connectivity index (χ4v) is 1.06. The number of carbonyl (C=O) groups excluding carboxylic acids is 2. The van der Waals surface area contributed by atoms with Gasteiger partial charge in [-0.25, -0.2) is 5.48 Å². The lowest BCUT2D eigenvalue weighted by Crippen LogP contribution is -2.21. The first-order chi connectivity index (χ1) is 7.13. The summed E-state index contributed by atoms with van der Waals surface area (Å²) in [5.74, 6) is -0.476. The van der Waals surface area contributed by atoms with Crippen molar-refractivity contribution in [1.29, 1.82) is 0 Å². The molecule has 15 heavy (non-hydrogen) atoms. The molecule has 0 aliphatic heterocycles. The molecule has 0 unspecified atom stereocenters. The van der Waals surface area contributed by atoms with Gasteiger partial charge in [-0.2, -0.15) is 0 Å². The molecule has 0 fully saturated rings. The highest BCUT2D eigenvalue weighted by Crippen LogP contribution is 2.09. The summed E-state index contributed by atoms with van der Waals surface area (Å²) in [6.07, 6.45) is 0. The Balaban J connectivity index is 2.71. The summed E-state index contributed by atoms with van der Waals surface area (Å²) in [6, 6.07) is 6.48. The normalized spacial score (nSPS) is 9.47. The van der Waals surface area contributed by atoms with E-state index in [2.05, 4.69) is 15.6 Å². The highest BCUT2D eigenvalue weighted by Gasteiger charge is 2.04. The molecule has 5 nitrogen and oxygen atoms in total. The number of benzene rings is 1. The van der Waals surface area contributed by atoms with E-state index in [9.17, 15) is 9.59 Å². The monoisotopic (exact) mass is 208 g/mol. The molecule has 1 aromatic rings. The van der Waals surface area contributed by atoms with Crippen LogP contribution >= 0.6 is 0 Å². The van der Waals surface area contributed by atoms with Crippen molar-refractivity contribution in [3.63, 3.8) is 0 Å². The molecular formula is C10H12N2O3. The lowest BCUT2D eigenvalue weighted by molar-refractivity contribution is -0.114. The van der Waals surface area contributed by atoms with Gasteiger partial charge in [0, 0.05) is 18.2 Å². The van der Waals surface area contributed by atoms with Crippen LogP contribution in [0.1, 0.15) is 17.3 Å². The summed E-state index contributed by atoms with van der Waals surface area (Å²) in [7, 11) is 1.36. The van der Waals surface area contributed by atoms with Crippen LogP contribution in [0.5, 0.6) is 0 Å². The van der Waals surface area contributed by atoms with Gasteiger partial charge < -0.3 is 5.32 Å². The molecule has 0 spiro atoms. The number of hydrogen-bond acceptors (Lipinski definition) is 3. The number of rotatable bonds is 3. The first-order valence-electron chi connectivity index (χ1n) is 4.34. The zero-order valence-corrected chi connectivity index (χ0v) is 8.53. The van der Waals surface area contributed by atoms with E-state index in [1.165, 1.54) is 14.0 Å². The van der Waals surface area contributed by atoms with Crippen molar-refractivity contribution < 1.29 is 14.4 Å². The maximum atomic E-state index is 11.3. The molecule has 2 amide bonds. The summed E-state index contributed by atoms with van der Waals surface area (Å²) in [5, 5.41) is 2.60. The van der Waals surface area contributed by atoms with E-state index >= 15 is 0 Å². The standard InChI is InChI=1S/C10H12N2O3/c1-7(13)11-9-5-3-8(4-6-9)10(14)12-15-2/h3-6H,1-2H3,(H,11,13)(H,12,14). The predicted molar refractivity (Wildman–Crippen MR) is 55.2 cm³/mol. The Morgan fingerprint density at radius 2 is 1.80 bits per heavy atom. The van der Waals surface area contributed by atoms with Gasteiger partial charge in [-0.05, 0) is 24.3 Å². The van der Waals surface area contributed by atoms with E-state index in [0.717, 1.165) is 0 Å². The molecule has 0 saturated carbocycles. The molecule has 0 saturated heterocycles. The van der Waals surface area contributed by atoms with E-state index in [1.807, 2.05) is 0 Å². The minimum Gasteiger partial charge on any atom is -0.326 e. The molecule has 0 aromatic heterocycles. The Kier molecular flexibility index (Phi) is 3.82. The Morgan fingerprint density at radius 3 is 2.27 bits per heavy atom. The van der Waals surface area contributed by atoms with Crippen LogP contribution in [0.25, 0.3) is 0 Å². The molecule has 1 rings (SSSR count). The molecule has 0 radical (unpaired) electrons. The maximum absolute atomic E-state index is 11.3. The quantitative estimate of drug-likeness (QED) is 0.726. The average Bonchev–Trinajstić information content (AvgIpc) is 2.18. The number of hydroxylamine groups is 1. The van der Waals surface area contributed by atoms with Crippen molar-refractivity contribution in [2.45, 2.75) is 6.92 Å². The Morgan fingerprint density at radius 1 is 1.20 bits per heavy atom. The van der Waals surface area contributed by atoms with Crippen molar-refractivity contribution in [3.05, 3.63) is 29.8 Å². The summed E-state index contributed by atoms with van der Waals surface area (Å²) in [5.41, 5.74) is 3.31. The Hall–Kier alpha value is -1.88. The van der Waals surface area contributed by atoms with Crippen LogP contribution in [0.15, 0.2) is 24.3 Å². The summed E-state index contributed by atoms with van der Waals surface area (Å²) < 4.78 is 0. The lowest BCUT2D eigenvalue weighted by Gasteiger charge is -2.04. The van der Waals surface area contributed by atoms with Crippen molar-refractivity contribution in [3.8, 4) is 0 Å². The SMILES string of the molecule is CONC(=O)c1ccc(NC(C)=O)cc1. The molecule has 0 aliphatic rings. The first-order valence-corrected chi connectivity index (χ1v) is 4.34. The summed E-state index contributed by atoms with van der Waals surface area (Å²) >= 11 is 0. The number of nitrogens with one attached hydrogen (secondary N) is 2. The highest BCUT2D eigenvalue weighted by atomic mass is 16.6. The zero-order valence-electron chi connectivity index (χ0n) is 8.53. The number of hydrogen-bond donors (Lipinski definition) is 2. The van der Waals surface area contributed by atoms with Gasteiger partial charge in [0.15, 0.2) is 0 Å². The van der Waals surface area contributed by atoms with Gasteiger partial charge in [0.05, 0.1) is 7.11 Å². The Bertz CT molecular complexity index is 359. The molecular weight excluding hydrogens is 196 g/mol. The molecule has 1 aromatic carbocycles. The highest BCUT2D eigenvalue weighted by molar-refractivity contribution is 5.94. The van der Waals surface area contributed by atoms with Gasteiger partial charge in [-0.1, -0.05) is 0 Å². The topological polar surface area (TPSA) is 67.4 Å². The number of carbonyl (C=O) groups is 2. The third-order valence-corrected chi connectivity index (χ3v) is 1.66. The van der Waals surface area contributed by atoms with Gasteiger partial charge in [0.1, 0.15) is 0 Å². The lowest BCUT2D eigenvalue weighted by atomic mass is 10.2. The second-order valence-electron chi connectivity index (χ2n) is 2.89. The average molecular weight is 208 g/mol. The van der Waals surface area contributed by atoms with Gasteiger partial charge in [0.2, 0.25) is 5.91 Å². The Labute approximate surface area is 87.4 Å². The summed E-state index contributed by atoms with van der Waals surface area (Å²) in [6.45, 7) is 1.42. The van der Waals surface area contributed by atoms with Crippen LogP contribution in [0, 0.1) is 0 Å². The van der Waals surface area contributed by atoms with Crippen LogP contribution in [-0.2, 0) is 9.63 Å². The van der Waals surface area contributed by atoms with Crippen molar-refractivity contribution in [1.82, 2.24) is 5.48 Å². The minimum absolute atomic E-state index is 0.149. The maximum Gasteiger partial charge on any atom is 0.274 e. The van der Waals surface area contributed by atoms with Crippen molar-refractivity contribution in [2.75, 3.05) is 12.4 Å². The van der Waals surface area contributed by atoms with E-state index in [1.54, 1.807) is 24.3 Å². The third-order valence-electron chi connectivity index (χ3n) is 1.66. The molecule has 0 heterocycles. The molecule has 2 N–H and O–H groups in total. The molecule has 5 heteroatoms. The fourth-order valence-electron chi connectivity index (χ4n) is 1.06. The van der Waals surface area contributed by atoms with Gasteiger partial charge >= 0.3 is 0 Å². The van der Waals surface area contributed by atoms with Crippen molar-refractivity contribution >= 4 is 17.5 Å². The predicted octanol–water partition coefficient (Wildman–Crippen LogP) is 0.936. The van der Waals surface area contributed by atoms with Crippen LogP contribution in [-0.4, -0.2) is 18.9 Å². The molecule has 0 aliphatic carbocycles. The van der Waals surface area contributed by atoms with Crippen LogP contribution in [0.3, 0.4) is 0 Å². The van der Waals surface area contributed by atoms with Gasteiger partial charge in [0.25, 0.3) is 5.91 Å². The van der Waals surface area contributed by atoms with Crippen LogP contribution in [0.4, 0.5) is 5.69 Å². The molecule has 0 atom stereocenters. The molecule has 80 valence electrons. The van der Waals surface area contributed by atoms with Gasteiger partial charge in [-0.15, -0.1) is 0 Å². The van der Waals surface area contributed by atoms with Gasteiger partial charge in [-0.3, -0.25) is 14.4 Å². The second kappa shape index (κ2) is 5.11. The molecule has 0 bridgehead atoms. The van der Waals surface area contributed by atoms with E-state index in [-0.39, 0.29) is 11.8 Å².